The van der Waals surface area contributed by atoms with Crippen LogP contribution in [-0.4, -0.2) is 60.9 Å². The number of ether oxygens (including phenoxy) is 1. The molecule has 122 valence electrons. The third kappa shape index (κ3) is 3.63. The number of aliphatic hydroxyl groups is 1. The highest BCUT2D eigenvalue weighted by Crippen LogP contribution is 2.34. The Bertz CT molecular complexity index is 545. The number of β-amino-alcohol motifs (C(OH)–C–C–N with tert-alkyl or cyclic N) is 1. The molecule has 0 amide bonds. The van der Waals surface area contributed by atoms with E-state index in [-0.39, 0.29) is 11.4 Å². The lowest BCUT2D eigenvalue weighted by Gasteiger charge is -2.36. The first-order chi connectivity index (χ1) is 10.4. The molecule has 1 atom stereocenters. The number of nitro groups is 1. The van der Waals surface area contributed by atoms with Crippen LogP contribution in [0.5, 0.6) is 5.75 Å². The Morgan fingerprint density at radius 2 is 2.05 bits per heavy atom. The summed E-state index contributed by atoms with van der Waals surface area (Å²) < 4.78 is 19.2. The molecule has 2 rings (SSSR count). The summed E-state index contributed by atoms with van der Waals surface area (Å²) in [6.45, 7) is 4.88. The van der Waals surface area contributed by atoms with E-state index in [0.29, 0.717) is 38.4 Å². The number of piperazine rings is 1. The van der Waals surface area contributed by atoms with Crippen molar-refractivity contribution in [3.8, 4) is 5.75 Å². The molecule has 1 aromatic rings. The molecule has 1 fully saturated rings. The molecular weight excluding hydrogens is 293 g/mol. The number of hydrogen-bond donors (Lipinski definition) is 1. The number of nitro benzene ring substituents is 1. The summed E-state index contributed by atoms with van der Waals surface area (Å²) in [7, 11) is 1.32. The molecule has 1 unspecified atom stereocenters. The summed E-state index contributed by atoms with van der Waals surface area (Å²) in [5.74, 6) is -0.579. The molecule has 0 aromatic heterocycles. The predicted molar refractivity (Wildman–Crippen MR) is 79.9 cm³/mol. The van der Waals surface area contributed by atoms with Gasteiger partial charge in [-0.15, -0.1) is 0 Å². The van der Waals surface area contributed by atoms with Gasteiger partial charge in [-0.05, 0) is 6.92 Å². The van der Waals surface area contributed by atoms with Gasteiger partial charge < -0.3 is 14.7 Å². The number of benzene rings is 1. The molecule has 1 N–H and O–H groups in total. The molecular formula is C14H20FN3O4. The summed E-state index contributed by atoms with van der Waals surface area (Å²) in [6.07, 6.45) is -0.400. The van der Waals surface area contributed by atoms with Crippen molar-refractivity contribution in [1.82, 2.24) is 4.90 Å². The monoisotopic (exact) mass is 313 g/mol. The van der Waals surface area contributed by atoms with Crippen LogP contribution in [0.2, 0.25) is 0 Å². The lowest BCUT2D eigenvalue weighted by molar-refractivity contribution is -0.385. The molecule has 22 heavy (non-hydrogen) atoms. The number of rotatable bonds is 5. The van der Waals surface area contributed by atoms with E-state index in [9.17, 15) is 19.6 Å². The molecule has 1 saturated heterocycles. The van der Waals surface area contributed by atoms with Gasteiger partial charge in [0.25, 0.3) is 0 Å². The highest BCUT2D eigenvalue weighted by molar-refractivity contribution is 5.60. The van der Waals surface area contributed by atoms with Crippen molar-refractivity contribution in [2.24, 2.45) is 0 Å². The second-order valence-corrected chi connectivity index (χ2v) is 5.37. The first-order valence-electron chi connectivity index (χ1n) is 7.09. The maximum absolute atomic E-state index is 14.2. The number of methoxy groups -OCH3 is 1. The van der Waals surface area contributed by atoms with Crippen LogP contribution in [0.4, 0.5) is 15.8 Å². The number of anilines is 1. The van der Waals surface area contributed by atoms with Crippen LogP contribution in [0.3, 0.4) is 0 Å². The van der Waals surface area contributed by atoms with Crippen molar-refractivity contribution in [1.29, 1.82) is 0 Å². The lowest BCUT2D eigenvalue weighted by atomic mass is 10.2. The lowest BCUT2D eigenvalue weighted by Crippen LogP contribution is -2.48. The van der Waals surface area contributed by atoms with E-state index in [1.165, 1.54) is 13.2 Å². The fourth-order valence-electron chi connectivity index (χ4n) is 2.63. The Morgan fingerprint density at radius 1 is 1.41 bits per heavy atom. The van der Waals surface area contributed by atoms with Crippen LogP contribution in [0.25, 0.3) is 0 Å². The zero-order chi connectivity index (χ0) is 16.3. The molecule has 0 bridgehead atoms. The topological polar surface area (TPSA) is 79.1 Å². The number of halogens is 1. The molecule has 1 heterocycles. The molecule has 8 heteroatoms. The minimum absolute atomic E-state index is 0.0489. The zero-order valence-electron chi connectivity index (χ0n) is 12.7. The molecule has 0 aliphatic carbocycles. The average molecular weight is 313 g/mol. The van der Waals surface area contributed by atoms with Gasteiger partial charge in [-0.1, -0.05) is 0 Å². The van der Waals surface area contributed by atoms with E-state index in [1.54, 1.807) is 6.92 Å². The van der Waals surface area contributed by atoms with E-state index < -0.39 is 16.8 Å². The smallest absolute Gasteiger partial charge is 0.313 e. The minimum atomic E-state index is -0.660. The maximum Gasteiger partial charge on any atom is 0.313 e. The normalized spacial score (nSPS) is 17.4. The Labute approximate surface area is 128 Å². The van der Waals surface area contributed by atoms with E-state index in [0.717, 1.165) is 6.07 Å². The third-order valence-electron chi connectivity index (χ3n) is 3.68. The second kappa shape index (κ2) is 6.89. The Hall–Kier alpha value is -1.93. The average Bonchev–Trinajstić information content (AvgIpc) is 2.47. The van der Waals surface area contributed by atoms with Crippen molar-refractivity contribution in [2.75, 3.05) is 44.7 Å². The van der Waals surface area contributed by atoms with Gasteiger partial charge in [-0.2, -0.15) is 0 Å². The molecule has 1 aliphatic heterocycles. The fourth-order valence-corrected chi connectivity index (χ4v) is 2.63. The standard InChI is InChI=1S/C14H20FN3O4/c1-10(19)9-16-3-5-17(6-4-16)12-8-14(22-2)13(18(20)21)7-11(12)15/h7-8,10,19H,3-6,9H2,1-2H3. The summed E-state index contributed by atoms with van der Waals surface area (Å²) >= 11 is 0. The summed E-state index contributed by atoms with van der Waals surface area (Å²) in [6, 6.07) is 2.27. The highest BCUT2D eigenvalue weighted by atomic mass is 19.1. The Balaban J connectivity index is 2.15. The van der Waals surface area contributed by atoms with Gasteiger partial charge in [0, 0.05) is 38.8 Å². The molecule has 0 spiro atoms. The van der Waals surface area contributed by atoms with Gasteiger partial charge >= 0.3 is 5.69 Å². The number of nitrogens with zero attached hydrogens (tertiary/aromatic N) is 3. The van der Waals surface area contributed by atoms with Crippen LogP contribution in [0.15, 0.2) is 12.1 Å². The van der Waals surface area contributed by atoms with Crippen molar-refractivity contribution >= 4 is 11.4 Å². The minimum Gasteiger partial charge on any atom is -0.490 e. The van der Waals surface area contributed by atoms with E-state index in [4.69, 9.17) is 4.74 Å². The fraction of sp³-hybridized carbons (Fsp3) is 0.571. The first kappa shape index (κ1) is 16.4. The SMILES string of the molecule is COc1cc(N2CCN(CC(C)O)CC2)c(F)cc1[N+](=O)[O-]. The van der Waals surface area contributed by atoms with Crippen molar-refractivity contribution < 1.29 is 19.2 Å². The van der Waals surface area contributed by atoms with Crippen molar-refractivity contribution in [3.63, 3.8) is 0 Å². The molecule has 7 nitrogen and oxygen atoms in total. The van der Waals surface area contributed by atoms with Crippen LogP contribution in [0, 0.1) is 15.9 Å². The first-order valence-corrected chi connectivity index (χ1v) is 7.09. The Kier molecular flexibility index (Phi) is 5.15. The summed E-state index contributed by atoms with van der Waals surface area (Å²) in [5, 5.41) is 20.3. The van der Waals surface area contributed by atoms with E-state index >= 15 is 0 Å². The summed E-state index contributed by atoms with van der Waals surface area (Å²) in [5.41, 5.74) is -0.0735. The van der Waals surface area contributed by atoms with Crippen LogP contribution in [0.1, 0.15) is 6.92 Å². The second-order valence-electron chi connectivity index (χ2n) is 5.37. The zero-order valence-corrected chi connectivity index (χ0v) is 12.7. The largest absolute Gasteiger partial charge is 0.490 e. The van der Waals surface area contributed by atoms with Crippen molar-refractivity contribution in [3.05, 3.63) is 28.1 Å². The van der Waals surface area contributed by atoms with Gasteiger partial charge in [0.05, 0.1) is 29.9 Å². The molecule has 0 radical (unpaired) electrons. The van der Waals surface area contributed by atoms with Crippen LogP contribution < -0.4 is 9.64 Å². The van der Waals surface area contributed by atoms with Gasteiger partial charge in [-0.25, -0.2) is 4.39 Å². The van der Waals surface area contributed by atoms with E-state index in [2.05, 4.69) is 4.90 Å². The predicted octanol–water partition coefficient (Wildman–Crippen LogP) is 1.25. The summed E-state index contributed by atoms with van der Waals surface area (Å²) in [4.78, 5) is 14.2. The van der Waals surface area contributed by atoms with Crippen molar-refractivity contribution in [2.45, 2.75) is 13.0 Å². The van der Waals surface area contributed by atoms with Crippen LogP contribution in [-0.2, 0) is 0 Å². The van der Waals surface area contributed by atoms with Gasteiger partial charge in [-0.3, -0.25) is 15.0 Å². The van der Waals surface area contributed by atoms with Gasteiger partial charge in [0.1, 0.15) is 0 Å². The molecule has 1 aliphatic rings. The van der Waals surface area contributed by atoms with Gasteiger partial charge in [0.15, 0.2) is 11.6 Å². The molecule has 1 aromatic carbocycles. The highest BCUT2D eigenvalue weighted by Gasteiger charge is 2.25. The van der Waals surface area contributed by atoms with Crippen LogP contribution >= 0.6 is 0 Å². The van der Waals surface area contributed by atoms with Gasteiger partial charge in [0.2, 0.25) is 0 Å². The number of aliphatic hydroxyl groups excluding tert-OH is 1. The molecule has 0 saturated carbocycles. The van der Waals surface area contributed by atoms with E-state index in [1.807, 2.05) is 4.90 Å². The maximum atomic E-state index is 14.2. The number of hydrogen-bond acceptors (Lipinski definition) is 6. The quantitative estimate of drug-likeness (QED) is 0.651. The third-order valence-corrected chi connectivity index (χ3v) is 3.68. The Morgan fingerprint density at radius 3 is 2.55 bits per heavy atom.